The van der Waals surface area contributed by atoms with E-state index in [1.165, 1.54) is 38.5 Å². The summed E-state index contributed by atoms with van der Waals surface area (Å²) in [6, 6.07) is 9.45. The van der Waals surface area contributed by atoms with Crippen molar-refractivity contribution in [3.8, 4) is 5.75 Å². The van der Waals surface area contributed by atoms with E-state index in [0.29, 0.717) is 17.6 Å². The van der Waals surface area contributed by atoms with E-state index < -0.39 is 0 Å². The van der Waals surface area contributed by atoms with Crippen molar-refractivity contribution >= 4 is 5.97 Å². The standard InChI is InChI=1S/C19H24O2/c20-18(21-17-4-2-1-3-5-17)6-7-19-11-14-8-15(12-19)10-16(9-14)13-19/h1-5,14-16H,6-13H2. The van der Waals surface area contributed by atoms with E-state index in [1.807, 2.05) is 30.3 Å². The summed E-state index contributed by atoms with van der Waals surface area (Å²) >= 11 is 0. The first-order valence-electron chi connectivity index (χ1n) is 8.47. The Morgan fingerprint density at radius 2 is 1.57 bits per heavy atom. The number of para-hydroxylation sites is 1. The predicted octanol–water partition coefficient (Wildman–Crippen LogP) is 4.59. The Morgan fingerprint density at radius 1 is 1.00 bits per heavy atom. The van der Waals surface area contributed by atoms with Gasteiger partial charge in [0, 0.05) is 6.42 Å². The van der Waals surface area contributed by atoms with E-state index in [-0.39, 0.29) is 5.97 Å². The van der Waals surface area contributed by atoms with Gasteiger partial charge in [-0.25, -0.2) is 0 Å². The fourth-order valence-corrected chi connectivity index (χ4v) is 5.63. The molecular weight excluding hydrogens is 260 g/mol. The van der Waals surface area contributed by atoms with Crippen molar-refractivity contribution in [1.29, 1.82) is 0 Å². The molecule has 112 valence electrons. The molecule has 0 spiro atoms. The molecule has 5 rings (SSSR count). The van der Waals surface area contributed by atoms with Gasteiger partial charge in [0.15, 0.2) is 0 Å². The lowest BCUT2D eigenvalue weighted by atomic mass is 9.48. The number of rotatable bonds is 4. The van der Waals surface area contributed by atoms with E-state index in [0.717, 1.165) is 24.2 Å². The average molecular weight is 284 g/mol. The summed E-state index contributed by atoms with van der Waals surface area (Å²) in [7, 11) is 0. The fourth-order valence-electron chi connectivity index (χ4n) is 5.63. The third kappa shape index (κ3) is 2.73. The maximum Gasteiger partial charge on any atom is 0.311 e. The van der Waals surface area contributed by atoms with Crippen LogP contribution in [0.5, 0.6) is 5.75 Å². The van der Waals surface area contributed by atoms with Crippen LogP contribution in [0, 0.1) is 23.2 Å². The normalized spacial score (nSPS) is 36.7. The second-order valence-corrected chi connectivity index (χ2v) is 7.70. The molecule has 4 fully saturated rings. The maximum atomic E-state index is 12.1. The van der Waals surface area contributed by atoms with Crippen LogP contribution in [0.25, 0.3) is 0 Å². The van der Waals surface area contributed by atoms with Crippen molar-refractivity contribution in [2.24, 2.45) is 23.2 Å². The van der Waals surface area contributed by atoms with Crippen LogP contribution >= 0.6 is 0 Å². The minimum absolute atomic E-state index is 0.0584. The lowest BCUT2D eigenvalue weighted by Gasteiger charge is -2.57. The Morgan fingerprint density at radius 3 is 2.14 bits per heavy atom. The average Bonchev–Trinajstić information content (AvgIpc) is 2.45. The molecule has 4 aliphatic rings. The molecule has 0 unspecified atom stereocenters. The van der Waals surface area contributed by atoms with Crippen LogP contribution in [0.2, 0.25) is 0 Å². The van der Waals surface area contributed by atoms with Gasteiger partial charge in [-0.1, -0.05) is 18.2 Å². The summed E-state index contributed by atoms with van der Waals surface area (Å²) in [4.78, 5) is 12.1. The van der Waals surface area contributed by atoms with Crippen LogP contribution in [-0.2, 0) is 4.79 Å². The lowest BCUT2D eigenvalue weighted by molar-refractivity contribution is -0.136. The van der Waals surface area contributed by atoms with Gasteiger partial charge in [-0.05, 0) is 80.2 Å². The van der Waals surface area contributed by atoms with Crippen molar-refractivity contribution < 1.29 is 9.53 Å². The highest BCUT2D eigenvalue weighted by Crippen LogP contribution is 2.61. The Bertz CT molecular complexity index is 484. The van der Waals surface area contributed by atoms with E-state index in [1.54, 1.807) is 0 Å². The van der Waals surface area contributed by atoms with Crippen molar-refractivity contribution in [1.82, 2.24) is 0 Å². The minimum atomic E-state index is -0.0584. The Hall–Kier alpha value is -1.31. The highest BCUT2D eigenvalue weighted by molar-refractivity contribution is 5.72. The molecular formula is C19H24O2. The number of carbonyl (C=O) groups is 1. The fraction of sp³-hybridized carbons (Fsp3) is 0.632. The van der Waals surface area contributed by atoms with Gasteiger partial charge in [-0.2, -0.15) is 0 Å². The van der Waals surface area contributed by atoms with Gasteiger partial charge in [0.25, 0.3) is 0 Å². The van der Waals surface area contributed by atoms with Gasteiger partial charge < -0.3 is 4.74 Å². The zero-order valence-electron chi connectivity index (χ0n) is 12.6. The molecule has 0 saturated heterocycles. The highest BCUT2D eigenvalue weighted by atomic mass is 16.5. The Kier molecular flexibility index (Phi) is 3.28. The zero-order chi connectivity index (χ0) is 14.3. The zero-order valence-corrected chi connectivity index (χ0v) is 12.6. The van der Waals surface area contributed by atoms with Crippen LogP contribution < -0.4 is 4.74 Å². The quantitative estimate of drug-likeness (QED) is 0.597. The van der Waals surface area contributed by atoms with Gasteiger partial charge in [0.1, 0.15) is 5.75 Å². The number of ether oxygens (including phenoxy) is 1. The molecule has 21 heavy (non-hydrogen) atoms. The number of esters is 1. The molecule has 0 radical (unpaired) electrons. The smallest absolute Gasteiger partial charge is 0.311 e. The van der Waals surface area contributed by atoms with Gasteiger partial charge in [-0.3, -0.25) is 4.79 Å². The molecule has 4 saturated carbocycles. The predicted molar refractivity (Wildman–Crippen MR) is 81.9 cm³/mol. The summed E-state index contributed by atoms with van der Waals surface area (Å²) in [5.74, 6) is 3.49. The molecule has 1 aromatic carbocycles. The molecule has 0 heterocycles. The monoisotopic (exact) mass is 284 g/mol. The van der Waals surface area contributed by atoms with Gasteiger partial charge in [0.05, 0.1) is 0 Å². The number of hydrogen-bond donors (Lipinski definition) is 0. The lowest BCUT2D eigenvalue weighted by Crippen LogP contribution is -2.46. The maximum absolute atomic E-state index is 12.1. The molecule has 0 atom stereocenters. The van der Waals surface area contributed by atoms with E-state index >= 15 is 0 Å². The first-order chi connectivity index (χ1) is 10.2. The topological polar surface area (TPSA) is 26.3 Å². The van der Waals surface area contributed by atoms with Crippen LogP contribution in [0.3, 0.4) is 0 Å². The van der Waals surface area contributed by atoms with Crippen LogP contribution in [0.1, 0.15) is 51.4 Å². The molecule has 0 N–H and O–H groups in total. The van der Waals surface area contributed by atoms with Gasteiger partial charge in [0.2, 0.25) is 0 Å². The molecule has 4 aliphatic carbocycles. The summed E-state index contributed by atoms with van der Waals surface area (Å²) in [6.07, 6.45) is 10.1. The van der Waals surface area contributed by atoms with E-state index in [2.05, 4.69) is 0 Å². The van der Waals surface area contributed by atoms with Crippen LogP contribution in [0.4, 0.5) is 0 Å². The third-order valence-electron chi connectivity index (χ3n) is 6.00. The SMILES string of the molecule is O=C(CCC12CC3CC(CC(C3)C1)C2)Oc1ccccc1. The minimum Gasteiger partial charge on any atom is -0.427 e. The first-order valence-corrected chi connectivity index (χ1v) is 8.47. The third-order valence-corrected chi connectivity index (χ3v) is 6.00. The Labute approximate surface area is 126 Å². The summed E-state index contributed by atoms with van der Waals surface area (Å²) in [6.45, 7) is 0. The number of hydrogen-bond acceptors (Lipinski definition) is 2. The highest BCUT2D eigenvalue weighted by Gasteiger charge is 2.50. The van der Waals surface area contributed by atoms with Gasteiger partial charge in [-0.15, -0.1) is 0 Å². The van der Waals surface area contributed by atoms with E-state index in [9.17, 15) is 4.79 Å². The van der Waals surface area contributed by atoms with Crippen LogP contribution in [-0.4, -0.2) is 5.97 Å². The van der Waals surface area contributed by atoms with Crippen molar-refractivity contribution in [3.63, 3.8) is 0 Å². The van der Waals surface area contributed by atoms with E-state index in [4.69, 9.17) is 4.74 Å². The molecule has 0 aliphatic heterocycles. The second kappa shape index (κ2) is 5.15. The summed E-state index contributed by atoms with van der Waals surface area (Å²) < 4.78 is 5.44. The first kappa shape index (κ1) is 13.4. The molecule has 4 bridgehead atoms. The second-order valence-electron chi connectivity index (χ2n) is 7.70. The largest absolute Gasteiger partial charge is 0.427 e. The molecule has 0 amide bonds. The Balaban J connectivity index is 1.35. The number of benzene rings is 1. The summed E-state index contributed by atoms with van der Waals surface area (Å²) in [5.41, 5.74) is 0.477. The molecule has 1 aromatic rings. The molecule has 0 aromatic heterocycles. The van der Waals surface area contributed by atoms with Crippen molar-refractivity contribution in [2.45, 2.75) is 51.4 Å². The van der Waals surface area contributed by atoms with Gasteiger partial charge >= 0.3 is 5.97 Å². The molecule has 2 heteroatoms. The van der Waals surface area contributed by atoms with Crippen molar-refractivity contribution in [3.05, 3.63) is 30.3 Å². The molecule has 2 nitrogen and oxygen atoms in total. The van der Waals surface area contributed by atoms with Crippen molar-refractivity contribution in [2.75, 3.05) is 0 Å². The van der Waals surface area contributed by atoms with Crippen LogP contribution in [0.15, 0.2) is 30.3 Å². The summed E-state index contributed by atoms with van der Waals surface area (Å²) in [5, 5.41) is 0. The number of carbonyl (C=O) groups excluding carboxylic acids is 1.